The van der Waals surface area contributed by atoms with E-state index in [1.54, 1.807) is 6.92 Å². The summed E-state index contributed by atoms with van der Waals surface area (Å²) in [5.74, 6) is 1.11. The summed E-state index contributed by atoms with van der Waals surface area (Å²) in [5.41, 5.74) is 3.05. The van der Waals surface area contributed by atoms with Crippen molar-refractivity contribution in [2.75, 3.05) is 13.1 Å². The van der Waals surface area contributed by atoms with Gasteiger partial charge < -0.3 is 10.1 Å². The number of H-pyrrole nitrogens is 1. The number of nitrogens with one attached hydrogen (secondary N) is 1. The second-order valence-corrected chi connectivity index (χ2v) is 8.45. The second-order valence-electron chi connectivity index (χ2n) is 7.59. The van der Waals surface area contributed by atoms with Gasteiger partial charge in [-0.3, -0.25) is 9.69 Å². The minimum Gasteiger partial charge on any atom is -0.392 e. The van der Waals surface area contributed by atoms with Crippen LogP contribution in [-0.2, 0) is 6.54 Å². The molecule has 27 heavy (non-hydrogen) atoms. The Balaban J connectivity index is 1.96. The van der Waals surface area contributed by atoms with Gasteiger partial charge in [-0.1, -0.05) is 38.1 Å². The van der Waals surface area contributed by atoms with Gasteiger partial charge in [0.2, 0.25) is 0 Å². The Bertz CT molecular complexity index is 965. The van der Waals surface area contributed by atoms with Crippen LogP contribution in [0.3, 0.4) is 0 Å². The number of benzene rings is 1. The average molecular weight is 386 g/mol. The summed E-state index contributed by atoms with van der Waals surface area (Å²) in [6.07, 6.45) is -0.423. The molecular formula is C21H27N3O2S. The molecule has 3 rings (SSSR count). The highest BCUT2D eigenvalue weighted by atomic mass is 32.1. The molecule has 144 valence electrons. The van der Waals surface area contributed by atoms with Gasteiger partial charge in [0, 0.05) is 24.0 Å². The fourth-order valence-electron chi connectivity index (χ4n) is 3.45. The van der Waals surface area contributed by atoms with Crippen LogP contribution in [0.25, 0.3) is 21.3 Å². The van der Waals surface area contributed by atoms with Crippen LogP contribution < -0.4 is 5.56 Å². The summed E-state index contributed by atoms with van der Waals surface area (Å²) in [5, 5.41) is 12.4. The van der Waals surface area contributed by atoms with Crippen molar-refractivity contribution in [2.45, 2.75) is 40.3 Å². The molecule has 2 aromatic heterocycles. The minimum atomic E-state index is -0.423. The Morgan fingerprint density at radius 3 is 2.59 bits per heavy atom. The Kier molecular flexibility index (Phi) is 6.09. The molecule has 1 atom stereocenters. The number of rotatable bonds is 7. The first-order chi connectivity index (χ1) is 12.8. The van der Waals surface area contributed by atoms with E-state index in [2.05, 4.69) is 36.7 Å². The summed E-state index contributed by atoms with van der Waals surface area (Å²) in [6, 6.07) is 8.08. The molecule has 0 amide bonds. The van der Waals surface area contributed by atoms with Gasteiger partial charge in [-0.15, -0.1) is 11.3 Å². The number of fused-ring (bicyclic) bond motifs is 1. The molecule has 0 radical (unpaired) electrons. The van der Waals surface area contributed by atoms with Crippen LogP contribution in [-0.4, -0.2) is 39.2 Å². The average Bonchev–Trinajstić information content (AvgIpc) is 2.98. The van der Waals surface area contributed by atoms with Crippen molar-refractivity contribution in [3.8, 4) is 11.1 Å². The summed E-state index contributed by atoms with van der Waals surface area (Å²) in [7, 11) is 0. The highest BCUT2D eigenvalue weighted by molar-refractivity contribution is 7.17. The number of nitrogens with zero attached hydrogens (tertiary/aromatic N) is 2. The number of hydrogen-bond donors (Lipinski definition) is 2. The lowest BCUT2D eigenvalue weighted by Gasteiger charge is -2.24. The summed E-state index contributed by atoms with van der Waals surface area (Å²) in [6.45, 7) is 10.0. The van der Waals surface area contributed by atoms with E-state index in [1.165, 1.54) is 11.3 Å². The van der Waals surface area contributed by atoms with E-state index >= 15 is 0 Å². The van der Waals surface area contributed by atoms with Crippen LogP contribution in [0, 0.1) is 12.8 Å². The third-order valence-electron chi connectivity index (χ3n) is 4.45. The molecule has 0 saturated carbocycles. The van der Waals surface area contributed by atoms with E-state index in [0.29, 0.717) is 30.2 Å². The Morgan fingerprint density at radius 2 is 1.93 bits per heavy atom. The molecule has 0 saturated heterocycles. The van der Waals surface area contributed by atoms with Crippen molar-refractivity contribution in [1.82, 2.24) is 14.9 Å². The maximum Gasteiger partial charge on any atom is 0.260 e. The van der Waals surface area contributed by atoms with E-state index in [1.807, 2.05) is 23.6 Å². The van der Waals surface area contributed by atoms with Crippen molar-refractivity contribution >= 4 is 21.6 Å². The zero-order valence-electron chi connectivity index (χ0n) is 16.3. The first-order valence-corrected chi connectivity index (χ1v) is 10.2. The number of aryl methyl sites for hydroxylation is 1. The number of aromatic amines is 1. The maximum atomic E-state index is 12.8. The number of hydrogen-bond acceptors (Lipinski definition) is 5. The lowest BCUT2D eigenvalue weighted by atomic mass is 10.0. The molecule has 1 unspecified atom stereocenters. The van der Waals surface area contributed by atoms with Gasteiger partial charge in [0.25, 0.3) is 5.56 Å². The molecule has 0 spiro atoms. The molecular weight excluding hydrogens is 358 g/mol. The van der Waals surface area contributed by atoms with E-state index in [4.69, 9.17) is 4.98 Å². The van der Waals surface area contributed by atoms with Crippen LogP contribution in [0.1, 0.15) is 32.2 Å². The van der Waals surface area contributed by atoms with Crippen molar-refractivity contribution in [3.63, 3.8) is 0 Å². The molecule has 0 aliphatic carbocycles. The van der Waals surface area contributed by atoms with Crippen LogP contribution in [0.5, 0.6) is 0 Å². The number of thiophene rings is 1. The maximum absolute atomic E-state index is 12.8. The third-order valence-corrected chi connectivity index (χ3v) is 5.32. The van der Waals surface area contributed by atoms with E-state index in [9.17, 15) is 9.90 Å². The molecule has 0 bridgehead atoms. The first-order valence-electron chi connectivity index (χ1n) is 9.32. The summed E-state index contributed by atoms with van der Waals surface area (Å²) < 4.78 is 0. The van der Waals surface area contributed by atoms with Crippen LogP contribution in [0.4, 0.5) is 0 Å². The first kappa shape index (κ1) is 19.7. The number of aliphatic hydroxyl groups is 1. The van der Waals surface area contributed by atoms with E-state index in [0.717, 1.165) is 28.1 Å². The summed E-state index contributed by atoms with van der Waals surface area (Å²) in [4.78, 5) is 23.4. The normalized spacial score (nSPS) is 13.0. The van der Waals surface area contributed by atoms with Crippen LogP contribution in [0.15, 0.2) is 34.4 Å². The minimum absolute atomic E-state index is 0.101. The second kappa shape index (κ2) is 8.33. The zero-order chi connectivity index (χ0) is 19.6. The van der Waals surface area contributed by atoms with Crippen molar-refractivity contribution in [1.29, 1.82) is 0 Å². The Hall–Kier alpha value is -2.02. The highest BCUT2D eigenvalue weighted by Gasteiger charge is 2.17. The van der Waals surface area contributed by atoms with Gasteiger partial charge in [-0.2, -0.15) is 0 Å². The fourth-order valence-corrected chi connectivity index (χ4v) is 4.40. The lowest BCUT2D eigenvalue weighted by molar-refractivity contribution is 0.113. The molecule has 6 heteroatoms. The topological polar surface area (TPSA) is 69.2 Å². The van der Waals surface area contributed by atoms with Crippen LogP contribution in [0.2, 0.25) is 0 Å². The monoisotopic (exact) mass is 385 g/mol. The van der Waals surface area contributed by atoms with E-state index < -0.39 is 6.10 Å². The Labute approximate surface area is 163 Å². The third kappa shape index (κ3) is 4.64. The Morgan fingerprint density at radius 1 is 1.19 bits per heavy atom. The van der Waals surface area contributed by atoms with Gasteiger partial charge in [0.05, 0.1) is 18.0 Å². The molecule has 0 fully saturated rings. The highest BCUT2D eigenvalue weighted by Crippen LogP contribution is 2.32. The van der Waals surface area contributed by atoms with Gasteiger partial charge >= 0.3 is 0 Å². The molecule has 3 aromatic rings. The molecule has 0 aliphatic rings. The van der Waals surface area contributed by atoms with Gasteiger partial charge in [-0.25, -0.2) is 4.98 Å². The predicted molar refractivity (Wildman–Crippen MR) is 112 cm³/mol. The fraction of sp³-hybridized carbons (Fsp3) is 0.429. The molecule has 0 aliphatic heterocycles. The number of aromatic nitrogens is 2. The zero-order valence-corrected chi connectivity index (χ0v) is 17.1. The quantitative estimate of drug-likeness (QED) is 0.649. The number of aliphatic hydroxyl groups excluding tert-OH is 1. The van der Waals surface area contributed by atoms with Gasteiger partial charge in [0.1, 0.15) is 10.7 Å². The summed E-state index contributed by atoms with van der Waals surface area (Å²) >= 11 is 1.50. The van der Waals surface area contributed by atoms with Crippen molar-refractivity contribution in [3.05, 3.63) is 51.4 Å². The molecule has 2 N–H and O–H groups in total. The molecule has 1 aromatic carbocycles. The van der Waals surface area contributed by atoms with Gasteiger partial charge in [-0.05, 0) is 30.9 Å². The smallest absolute Gasteiger partial charge is 0.260 e. The lowest BCUT2D eigenvalue weighted by Crippen LogP contribution is -2.34. The molecule has 2 heterocycles. The van der Waals surface area contributed by atoms with Gasteiger partial charge in [0.15, 0.2) is 0 Å². The molecule has 5 nitrogen and oxygen atoms in total. The van der Waals surface area contributed by atoms with Crippen molar-refractivity contribution in [2.24, 2.45) is 5.92 Å². The predicted octanol–water partition coefficient (Wildman–Crippen LogP) is 3.80. The van der Waals surface area contributed by atoms with Crippen molar-refractivity contribution < 1.29 is 5.11 Å². The van der Waals surface area contributed by atoms with E-state index in [-0.39, 0.29) is 5.56 Å². The standard InChI is InChI=1S/C21H27N3O2S/c1-13(2)9-24(10-15(4)25)11-18-22-20(26)19-17(12-27-21(19)23-18)16-8-6-5-7-14(16)3/h5-8,12-13,15,25H,9-11H2,1-4H3,(H,22,23,26). The largest absolute Gasteiger partial charge is 0.392 e. The SMILES string of the molecule is Cc1ccccc1-c1csc2nc(CN(CC(C)C)CC(C)O)[nH]c(=O)c12. The van der Waals surface area contributed by atoms with Crippen LogP contribution >= 0.6 is 11.3 Å².